The summed E-state index contributed by atoms with van der Waals surface area (Å²) < 4.78 is 0.0122. The Balaban J connectivity index is 2.67. The van der Waals surface area contributed by atoms with Crippen molar-refractivity contribution in [2.24, 2.45) is 0 Å². The fourth-order valence-corrected chi connectivity index (χ4v) is 2.77. The van der Waals surface area contributed by atoms with E-state index in [4.69, 9.17) is 5.11 Å². The summed E-state index contributed by atoms with van der Waals surface area (Å²) in [4.78, 5) is 23.6. The van der Waals surface area contributed by atoms with Gasteiger partial charge in [-0.3, -0.25) is 4.79 Å². The molecule has 0 aliphatic heterocycles. The van der Waals surface area contributed by atoms with Crippen LogP contribution in [0.2, 0.25) is 0 Å². The van der Waals surface area contributed by atoms with Gasteiger partial charge >= 0.3 is 5.97 Å². The van der Waals surface area contributed by atoms with E-state index in [2.05, 4.69) is 5.32 Å². The maximum absolute atomic E-state index is 11.7. The Morgan fingerprint density at radius 1 is 1.44 bits per heavy atom. The van der Waals surface area contributed by atoms with Gasteiger partial charge in [-0.25, -0.2) is 4.79 Å². The normalized spacial score (nSPS) is 11.3. The van der Waals surface area contributed by atoms with Gasteiger partial charge in [0.15, 0.2) is 0 Å². The first-order valence-corrected chi connectivity index (χ1v) is 7.27. The molecule has 1 aromatic heterocycles. The maximum atomic E-state index is 11.7. The number of carbonyl (C=O) groups is 2. The van der Waals surface area contributed by atoms with Gasteiger partial charge in [-0.05, 0) is 13.0 Å². The molecule has 0 radical (unpaired) electrons. The van der Waals surface area contributed by atoms with Gasteiger partial charge in [-0.15, -0.1) is 23.1 Å². The van der Waals surface area contributed by atoms with Crippen LogP contribution in [0.5, 0.6) is 0 Å². The lowest BCUT2D eigenvalue weighted by Crippen LogP contribution is -2.19. The van der Waals surface area contributed by atoms with Gasteiger partial charge in [0.2, 0.25) is 5.91 Å². The van der Waals surface area contributed by atoms with Crippen LogP contribution >= 0.6 is 23.1 Å². The predicted molar refractivity (Wildman–Crippen MR) is 76.9 cm³/mol. The summed E-state index contributed by atoms with van der Waals surface area (Å²) in [6.07, 6.45) is 0. The van der Waals surface area contributed by atoms with Crippen LogP contribution in [0.1, 0.15) is 36.0 Å². The number of thioether (sulfide) groups is 1. The van der Waals surface area contributed by atoms with E-state index in [0.717, 1.165) is 4.88 Å². The van der Waals surface area contributed by atoms with Crippen molar-refractivity contribution in [2.45, 2.75) is 32.4 Å². The minimum atomic E-state index is -1.02. The van der Waals surface area contributed by atoms with Gasteiger partial charge in [0.25, 0.3) is 0 Å². The Hall–Kier alpha value is -1.01. The molecule has 18 heavy (non-hydrogen) atoms. The van der Waals surface area contributed by atoms with Gasteiger partial charge in [0.1, 0.15) is 5.00 Å². The number of hydrogen-bond donors (Lipinski definition) is 2. The first-order valence-electron chi connectivity index (χ1n) is 5.46. The molecule has 0 aromatic carbocycles. The van der Waals surface area contributed by atoms with E-state index >= 15 is 0 Å². The smallest absolute Gasteiger partial charge is 0.338 e. The summed E-state index contributed by atoms with van der Waals surface area (Å²) in [5.74, 6) is -0.864. The minimum Gasteiger partial charge on any atom is -0.478 e. The standard InChI is InChI=1S/C12H17NO3S2/c1-7-5-8(11(15)16)10(18-7)13-9(14)6-17-12(2,3)4/h5H,6H2,1-4H3,(H,13,14)(H,15,16). The van der Waals surface area contributed by atoms with E-state index in [0.29, 0.717) is 10.8 Å². The van der Waals surface area contributed by atoms with E-state index in [-0.39, 0.29) is 16.2 Å². The van der Waals surface area contributed by atoms with E-state index < -0.39 is 5.97 Å². The molecule has 0 aliphatic rings. The molecule has 100 valence electrons. The monoisotopic (exact) mass is 287 g/mol. The summed E-state index contributed by atoms with van der Waals surface area (Å²) in [6, 6.07) is 1.57. The zero-order valence-electron chi connectivity index (χ0n) is 10.9. The van der Waals surface area contributed by atoms with E-state index in [9.17, 15) is 9.59 Å². The van der Waals surface area contributed by atoms with Crippen LogP contribution in [-0.4, -0.2) is 27.5 Å². The number of aromatic carboxylic acids is 1. The summed E-state index contributed by atoms with van der Waals surface area (Å²) in [6.45, 7) is 7.91. The number of anilines is 1. The third-order valence-electron chi connectivity index (χ3n) is 1.97. The number of carboxylic acid groups (broad SMARTS) is 1. The van der Waals surface area contributed by atoms with Crippen molar-refractivity contribution in [1.29, 1.82) is 0 Å². The molecule has 2 N–H and O–H groups in total. The molecule has 1 rings (SSSR count). The highest BCUT2D eigenvalue weighted by molar-refractivity contribution is 8.01. The van der Waals surface area contributed by atoms with Crippen molar-refractivity contribution in [3.63, 3.8) is 0 Å². The van der Waals surface area contributed by atoms with E-state index in [1.165, 1.54) is 23.1 Å². The molecule has 0 spiro atoms. The Labute approximate surface area is 115 Å². The molecule has 6 heteroatoms. The highest BCUT2D eigenvalue weighted by atomic mass is 32.2. The molecule has 1 amide bonds. The number of amides is 1. The van der Waals surface area contributed by atoms with Crippen LogP contribution < -0.4 is 5.32 Å². The number of carboxylic acids is 1. The molecule has 4 nitrogen and oxygen atoms in total. The molecular weight excluding hydrogens is 270 g/mol. The number of aryl methyl sites for hydroxylation is 1. The molecule has 0 saturated carbocycles. The zero-order valence-corrected chi connectivity index (χ0v) is 12.5. The van der Waals surface area contributed by atoms with Gasteiger partial charge in [0.05, 0.1) is 11.3 Å². The third-order valence-corrected chi connectivity index (χ3v) is 4.21. The second-order valence-electron chi connectivity index (χ2n) is 4.85. The van der Waals surface area contributed by atoms with Gasteiger partial charge < -0.3 is 10.4 Å². The second-order valence-corrected chi connectivity index (χ2v) is 7.91. The lowest BCUT2D eigenvalue weighted by Gasteiger charge is -2.16. The van der Waals surface area contributed by atoms with Gasteiger partial charge in [0, 0.05) is 9.62 Å². The van der Waals surface area contributed by atoms with Crippen LogP contribution in [0, 0.1) is 6.92 Å². The number of carbonyl (C=O) groups excluding carboxylic acids is 1. The van der Waals surface area contributed by atoms with Crippen LogP contribution in [0.15, 0.2) is 6.07 Å². The summed E-state index contributed by atoms with van der Waals surface area (Å²) >= 11 is 2.81. The topological polar surface area (TPSA) is 66.4 Å². The third kappa shape index (κ3) is 4.70. The highest BCUT2D eigenvalue weighted by Gasteiger charge is 2.18. The summed E-state index contributed by atoms with van der Waals surface area (Å²) in [5.41, 5.74) is 0.159. The second kappa shape index (κ2) is 5.75. The fraction of sp³-hybridized carbons (Fsp3) is 0.500. The molecule has 0 aliphatic carbocycles. The quantitative estimate of drug-likeness (QED) is 0.892. The highest BCUT2D eigenvalue weighted by Crippen LogP contribution is 2.28. The van der Waals surface area contributed by atoms with Gasteiger partial charge in [-0.2, -0.15) is 0 Å². The van der Waals surface area contributed by atoms with Crippen molar-refractivity contribution < 1.29 is 14.7 Å². The molecular formula is C12H17NO3S2. The molecule has 1 heterocycles. The van der Waals surface area contributed by atoms with Crippen LogP contribution in [0.4, 0.5) is 5.00 Å². The van der Waals surface area contributed by atoms with E-state index in [1.54, 1.807) is 6.07 Å². The number of nitrogens with one attached hydrogen (secondary N) is 1. The molecule has 0 atom stereocenters. The average Bonchev–Trinajstić information content (AvgIpc) is 2.55. The first-order chi connectivity index (χ1) is 8.19. The fourth-order valence-electron chi connectivity index (χ4n) is 1.21. The Morgan fingerprint density at radius 2 is 2.06 bits per heavy atom. The SMILES string of the molecule is Cc1cc(C(=O)O)c(NC(=O)CSC(C)(C)C)s1. The molecule has 0 fully saturated rings. The predicted octanol–water partition coefficient (Wildman–Crippen LogP) is 3.22. The van der Waals surface area contributed by atoms with Gasteiger partial charge in [-0.1, -0.05) is 20.8 Å². The Kier molecular flexibility index (Phi) is 4.81. The average molecular weight is 287 g/mol. The van der Waals surface area contributed by atoms with Crippen LogP contribution in [0.25, 0.3) is 0 Å². The van der Waals surface area contributed by atoms with Crippen molar-refractivity contribution in [3.05, 3.63) is 16.5 Å². The number of hydrogen-bond acceptors (Lipinski definition) is 4. The summed E-state index contributed by atoms with van der Waals surface area (Å²) in [7, 11) is 0. The minimum absolute atomic E-state index is 0.0122. The largest absolute Gasteiger partial charge is 0.478 e. The number of rotatable bonds is 4. The maximum Gasteiger partial charge on any atom is 0.338 e. The lowest BCUT2D eigenvalue weighted by molar-refractivity contribution is -0.113. The molecule has 0 unspecified atom stereocenters. The molecule has 0 saturated heterocycles. The van der Waals surface area contributed by atoms with Crippen molar-refractivity contribution in [3.8, 4) is 0 Å². The van der Waals surface area contributed by atoms with Crippen LogP contribution in [0.3, 0.4) is 0 Å². The Morgan fingerprint density at radius 3 is 2.56 bits per heavy atom. The zero-order chi connectivity index (χ0) is 13.9. The van der Waals surface area contributed by atoms with Crippen molar-refractivity contribution in [2.75, 3.05) is 11.1 Å². The lowest BCUT2D eigenvalue weighted by atomic mass is 10.3. The van der Waals surface area contributed by atoms with E-state index in [1.807, 2.05) is 27.7 Å². The number of thiophene rings is 1. The molecule has 0 bridgehead atoms. The Bertz CT molecular complexity index is 460. The molecule has 1 aromatic rings. The van der Waals surface area contributed by atoms with Crippen molar-refractivity contribution in [1.82, 2.24) is 0 Å². The summed E-state index contributed by atoms with van der Waals surface area (Å²) in [5, 5.41) is 12.1. The van der Waals surface area contributed by atoms with Crippen molar-refractivity contribution >= 4 is 40.0 Å². The first kappa shape index (κ1) is 15.0. The van der Waals surface area contributed by atoms with Crippen LogP contribution in [-0.2, 0) is 4.79 Å².